The Kier molecular flexibility index (Phi) is 6.82. The number of imidazole rings is 1. The number of aromatic amines is 1. The van der Waals surface area contributed by atoms with Crippen LogP contribution in [0.1, 0.15) is 59.3 Å². The summed E-state index contributed by atoms with van der Waals surface area (Å²) in [4.78, 5) is 31.8. The van der Waals surface area contributed by atoms with Crippen molar-refractivity contribution in [2.75, 3.05) is 6.54 Å². The van der Waals surface area contributed by atoms with Gasteiger partial charge in [-0.3, -0.25) is 4.79 Å². The number of fused-ring (bicyclic) bond motifs is 1. The van der Waals surface area contributed by atoms with Gasteiger partial charge in [0.15, 0.2) is 0 Å². The van der Waals surface area contributed by atoms with E-state index in [1.807, 2.05) is 58.9 Å². The number of hydrogen-bond acceptors (Lipinski definition) is 4. The Balaban J connectivity index is 1.84. The summed E-state index contributed by atoms with van der Waals surface area (Å²) in [6, 6.07) is 7.60. The highest BCUT2D eigenvalue weighted by Crippen LogP contribution is 2.22. The number of ether oxygens (including phenoxy) is 1. The molecule has 0 bridgehead atoms. The van der Waals surface area contributed by atoms with Gasteiger partial charge in [0, 0.05) is 13.0 Å². The maximum Gasteiger partial charge on any atom is 0.407 e. The molecular formula is C20H30N4O3. The topological polar surface area (TPSA) is 96.1 Å². The van der Waals surface area contributed by atoms with Gasteiger partial charge in [-0.15, -0.1) is 0 Å². The minimum atomic E-state index is -0.529. The predicted molar refractivity (Wildman–Crippen MR) is 105 cm³/mol. The second-order valence-electron chi connectivity index (χ2n) is 7.96. The molecule has 0 radical (unpaired) electrons. The quantitative estimate of drug-likeness (QED) is 0.644. The summed E-state index contributed by atoms with van der Waals surface area (Å²) in [6.07, 6.45) is 0.389. The molecule has 0 fully saturated rings. The van der Waals surface area contributed by atoms with Gasteiger partial charge in [-0.1, -0.05) is 26.0 Å². The third-order valence-electron chi connectivity index (χ3n) is 3.93. The van der Waals surface area contributed by atoms with Gasteiger partial charge < -0.3 is 20.4 Å². The molecule has 1 aromatic carbocycles. The van der Waals surface area contributed by atoms with E-state index in [4.69, 9.17) is 4.74 Å². The van der Waals surface area contributed by atoms with Crippen LogP contribution in [0.25, 0.3) is 11.0 Å². The first-order chi connectivity index (χ1) is 12.7. The zero-order chi connectivity index (χ0) is 20.0. The Morgan fingerprint density at radius 1 is 1.22 bits per heavy atom. The molecule has 2 amide bonds. The van der Waals surface area contributed by atoms with Crippen LogP contribution in [0.4, 0.5) is 4.79 Å². The fourth-order valence-corrected chi connectivity index (χ4v) is 2.67. The van der Waals surface area contributed by atoms with Gasteiger partial charge >= 0.3 is 6.09 Å². The Morgan fingerprint density at radius 3 is 2.56 bits per heavy atom. The number of rotatable bonds is 7. The lowest BCUT2D eigenvalue weighted by molar-refractivity contribution is -0.122. The molecule has 0 aliphatic heterocycles. The first-order valence-corrected chi connectivity index (χ1v) is 9.36. The lowest BCUT2D eigenvalue weighted by atomic mass is 10.0. The zero-order valence-corrected chi connectivity index (χ0v) is 16.8. The van der Waals surface area contributed by atoms with Crippen molar-refractivity contribution in [1.82, 2.24) is 20.6 Å². The Morgan fingerprint density at radius 2 is 1.93 bits per heavy atom. The van der Waals surface area contributed by atoms with E-state index >= 15 is 0 Å². The number of benzene rings is 1. The normalized spacial score (nSPS) is 12.8. The summed E-state index contributed by atoms with van der Waals surface area (Å²) in [6.45, 7) is 9.90. The van der Waals surface area contributed by atoms with Crippen molar-refractivity contribution in [3.8, 4) is 0 Å². The molecule has 148 valence electrons. The number of aromatic nitrogens is 2. The SMILES string of the molecule is CC(C)C(NC(=O)CCCNC(=O)OC(C)(C)C)c1nc2ccccc2[nH]1. The summed E-state index contributed by atoms with van der Waals surface area (Å²) in [7, 11) is 0. The van der Waals surface area contributed by atoms with E-state index in [0.29, 0.717) is 19.4 Å². The fraction of sp³-hybridized carbons (Fsp3) is 0.550. The molecule has 0 aliphatic rings. The van der Waals surface area contributed by atoms with Gasteiger partial charge in [-0.2, -0.15) is 0 Å². The number of carbonyl (C=O) groups excluding carboxylic acids is 2. The number of alkyl carbamates (subject to hydrolysis) is 1. The average Bonchev–Trinajstić information content (AvgIpc) is 2.98. The van der Waals surface area contributed by atoms with Crippen LogP contribution in [0.15, 0.2) is 24.3 Å². The van der Waals surface area contributed by atoms with E-state index in [-0.39, 0.29) is 17.9 Å². The molecule has 1 atom stereocenters. The highest BCUT2D eigenvalue weighted by atomic mass is 16.6. The molecule has 7 heteroatoms. The standard InChI is InChI=1S/C20H30N4O3/c1-13(2)17(18-22-14-9-6-7-10-15(14)23-18)24-16(25)11-8-12-21-19(26)27-20(3,4)5/h6-7,9-10,13,17H,8,11-12H2,1-5H3,(H,21,26)(H,22,23)(H,24,25). The van der Waals surface area contributed by atoms with E-state index in [2.05, 4.69) is 20.6 Å². The maximum atomic E-state index is 12.3. The number of nitrogens with one attached hydrogen (secondary N) is 3. The third-order valence-corrected chi connectivity index (χ3v) is 3.93. The third kappa shape index (κ3) is 6.58. The van der Waals surface area contributed by atoms with Gasteiger partial charge in [0.05, 0.1) is 17.1 Å². The Bertz CT molecular complexity index is 744. The van der Waals surface area contributed by atoms with E-state index in [1.165, 1.54) is 0 Å². The van der Waals surface area contributed by atoms with Gasteiger partial charge in [-0.05, 0) is 45.2 Å². The molecule has 2 aromatic rings. The minimum absolute atomic E-state index is 0.0693. The Labute approximate surface area is 160 Å². The zero-order valence-electron chi connectivity index (χ0n) is 16.8. The number of H-pyrrole nitrogens is 1. The van der Waals surface area contributed by atoms with Crippen LogP contribution in [0.3, 0.4) is 0 Å². The molecule has 3 N–H and O–H groups in total. The van der Waals surface area contributed by atoms with Crippen molar-refractivity contribution in [1.29, 1.82) is 0 Å². The second-order valence-corrected chi connectivity index (χ2v) is 7.96. The summed E-state index contributed by atoms with van der Waals surface area (Å²) in [5.74, 6) is 0.876. The van der Waals surface area contributed by atoms with Crippen molar-refractivity contribution >= 4 is 23.0 Å². The minimum Gasteiger partial charge on any atom is -0.444 e. The van der Waals surface area contributed by atoms with Gasteiger partial charge in [0.2, 0.25) is 5.91 Å². The smallest absolute Gasteiger partial charge is 0.407 e. The second kappa shape index (κ2) is 8.88. The molecule has 1 heterocycles. The summed E-state index contributed by atoms with van der Waals surface area (Å²) < 4.78 is 5.16. The van der Waals surface area contributed by atoms with Gasteiger partial charge in [0.1, 0.15) is 11.4 Å². The van der Waals surface area contributed by atoms with Gasteiger partial charge in [0.25, 0.3) is 0 Å². The highest BCUT2D eigenvalue weighted by molar-refractivity contribution is 5.77. The number of carbonyl (C=O) groups is 2. The van der Waals surface area contributed by atoms with Crippen molar-refractivity contribution in [2.45, 2.75) is 59.1 Å². The van der Waals surface area contributed by atoms with Crippen LogP contribution in [0, 0.1) is 5.92 Å². The lowest BCUT2D eigenvalue weighted by Gasteiger charge is -2.21. The average molecular weight is 374 g/mol. The number of amides is 2. The molecule has 0 aliphatic carbocycles. The number of nitrogens with zero attached hydrogens (tertiary/aromatic N) is 1. The Hall–Kier alpha value is -2.57. The molecule has 0 saturated carbocycles. The van der Waals surface area contributed by atoms with Crippen molar-refractivity contribution < 1.29 is 14.3 Å². The van der Waals surface area contributed by atoms with Crippen molar-refractivity contribution in [3.05, 3.63) is 30.1 Å². The fourth-order valence-electron chi connectivity index (χ4n) is 2.67. The molecule has 7 nitrogen and oxygen atoms in total. The van der Waals surface area contributed by atoms with Crippen LogP contribution in [0.5, 0.6) is 0 Å². The number of hydrogen-bond donors (Lipinski definition) is 3. The lowest BCUT2D eigenvalue weighted by Crippen LogP contribution is -2.34. The van der Waals surface area contributed by atoms with E-state index < -0.39 is 11.7 Å². The summed E-state index contributed by atoms with van der Waals surface area (Å²) in [5.41, 5.74) is 1.31. The molecule has 1 unspecified atom stereocenters. The molecule has 0 spiro atoms. The summed E-state index contributed by atoms with van der Waals surface area (Å²) >= 11 is 0. The van der Waals surface area contributed by atoms with Crippen LogP contribution in [0.2, 0.25) is 0 Å². The molecule has 1 aromatic heterocycles. The number of para-hydroxylation sites is 2. The predicted octanol–water partition coefficient (Wildman–Crippen LogP) is 3.68. The van der Waals surface area contributed by atoms with Crippen molar-refractivity contribution in [3.63, 3.8) is 0 Å². The highest BCUT2D eigenvalue weighted by Gasteiger charge is 2.21. The van der Waals surface area contributed by atoms with E-state index in [0.717, 1.165) is 16.9 Å². The van der Waals surface area contributed by atoms with Crippen LogP contribution in [-0.2, 0) is 9.53 Å². The van der Waals surface area contributed by atoms with E-state index in [9.17, 15) is 9.59 Å². The van der Waals surface area contributed by atoms with E-state index in [1.54, 1.807) is 0 Å². The van der Waals surface area contributed by atoms with Gasteiger partial charge in [-0.25, -0.2) is 9.78 Å². The van der Waals surface area contributed by atoms with Crippen LogP contribution >= 0.6 is 0 Å². The molecule has 27 heavy (non-hydrogen) atoms. The first-order valence-electron chi connectivity index (χ1n) is 9.36. The molecule has 2 rings (SSSR count). The molecular weight excluding hydrogens is 344 g/mol. The van der Waals surface area contributed by atoms with Crippen molar-refractivity contribution in [2.24, 2.45) is 5.92 Å². The molecule has 0 saturated heterocycles. The largest absolute Gasteiger partial charge is 0.444 e. The maximum absolute atomic E-state index is 12.3. The van der Waals surface area contributed by atoms with Crippen LogP contribution in [-0.4, -0.2) is 34.1 Å². The first kappa shape index (κ1) is 20.7. The van der Waals surface area contributed by atoms with Crippen LogP contribution < -0.4 is 10.6 Å². The monoisotopic (exact) mass is 374 g/mol. The summed E-state index contributed by atoms with van der Waals surface area (Å²) in [5, 5.41) is 5.70.